The van der Waals surface area contributed by atoms with Gasteiger partial charge in [0.15, 0.2) is 0 Å². The molecule has 5 heteroatoms. The molecule has 104 valence electrons. The number of nitrogens with zero attached hydrogens (tertiary/aromatic N) is 2. The second-order valence-corrected chi connectivity index (χ2v) is 6.03. The number of halogens is 2. The van der Waals surface area contributed by atoms with E-state index >= 15 is 0 Å². The molecular weight excluding hydrogens is 358 g/mol. The summed E-state index contributed by atoms with van der Waals surface area (Å²) in [6.45, 7) is 7.08. The van der Waals surface area contributed by atoms with E-state index < -0.39 is 0 Å². The van der Waals surface area contributed by atoms with Crippen LogP contribution in [0.5, 0.6) is 0 Å². The van der Waals surface area contributed by atoms with E-state index in [4.69, 9.17) is 0 Å². The van der Waals surface area contributed by atoms with Gasteiger partial charge in [0.05, 0.1) is 15.9 Å². The number of rotatable bonds is 9. The third-order valence-corrected chi connectivity index (χ3v) is 4.57. The lowest BCUT2D eigenvalue weighted by Gasteiger charge is -2.07. The summed E-state index contributed by atoms with van der Waals surface area (Å²) in [6.07, 6.45) is 5.17. The topological polar surface area (TPSA) is 29.9 Å². The van der Waals surface area contributed by atoms with Crippen molar-refractivity contribution in [3.8, 4) is 0 Å². The molecule has 1 aromatic heterocycles. The van der Waals surface area contributed by atoms with Crippen molar-refractivity contribution < 1.29 is 0 Å². The third-order valence-electron chi connectivity index (χ3n) is 2.98. The summed E-state index contributed by atoms with van der Waals surface area (Å²) in [7, 11) is 0. The van der Waals surface area contributed by atoms with Crippen LogP contribution in [0.1, 0.15) is 44.0 Å². The van der Waals surface area contributed by atoms with Gasteiger partial charge in [-0.2, -0.15) is 5.10 Å². The number of aromatic nitrogens is 2. The normalized spacial score (nSPS) is 11.1. The van der Waals surface area contributed by atoms with Crippen LogP contribution in [0.2, 0.25) is 0 Å². The Morgan fingerprint density at radius 2 is 1.94 bits per heavy atom. The van der Waals surface area contributed by atoms with E-state index in [0.29, 0.717) is 0 Å². The largest absolute Gasteiger partial charge is 0.311 e. The fraction of sp³-hybridized carbons (Fsp3) is 0.769. The zero-order chi connectivity index (χ0) is 13.4. The van der Waals surface area contributed by atoms with Gasteiger partial charge in [0, 0.05) is 18.4 Å². The van der Waals surface area contributed by atoms with Gasteiger partial charge >= 0.3 is 0 Å². The molecule has 0 amide bonds. The summed E-state index contributed by atoms with van der Waals surface area (Å²) < 4.78 is 3.22. The molecule has 0 unspecified atom stereocenters. The SMILES string of the molecule is CCn1nc(C)c(Br)c1CNCCCCCCBr. The Hall–Kier alpha value is 0.130. The van der Waals surface area contributed by atoms with Gasteiger partial charge in [-0.3, -0.25) is 4.68 Å². The molecule has 0 fully saturated rings. The van der Waals surface area contributed by atoms with E-state index in [-0.39, 0.29) is 0 Å². The first-order chi connectivity index (χ1) is 8.70. The van der Waals surface area contributed by atoms with Crippen LogP contribution in [0.25, 0.3) is 0 Å². The van der Waals surface area contributed by atoms with E-state index in [1.807, 2.05) is 6.92 Å². The van der Waals surface area contributed by atoms with Crippen LogP contribution in [0.15, 0.2) is 4.47 Å². The average molecular weight is 381 g/mol. The third kappa shape index (κ3) is 5.02. The van der Waals surface area contributed by atoms with Crippen molar-refractivity contribution in [1.29, 1.82) is 0 Å². The number of nitrogens with one attached hydrogen (secondary N) is 1. The van der Waals surface area contributed by atoms with Crippen LogP contribution in [-0.2, 0) is 13.1 Å². The Kier molecular flexibility index (Phi) is 8.18. The van der Waals surface area contributed by atoms with Crippen molar-refractivity contribution in [2.24, 2.45) is 0 Å². The Bertz CT molecular complexity index is 350. The number of hydrogen-bond donors (Lipinski definition) is 1. The Morgan fingerprint density at radius 3 is 2.61 bits per heavy atom. The zero-order valence-corrected chi connectivity index (χ0v) is 14.5. The molecule has 0 spiro atoms. The van der Waals surface area contributed by atoms with Gasteiger partial charge in [0.2, 0.25) is 0 Å². The molecule has 0 aliphatic carbocycles. The number of aryl methyl sites for hydroxylation is 2. The molecule has 0 radical (unpaired) electrons. The highest BCUT2D eigenvalue weighted by Gasteiger charge is 2.10. The maximum atomic E-state index is 4.49. The number of alkyl halides is 1. The Labute approximate surface area is 127 Å². The standard InChI is InChI=1S/C13H23Br2N3/c1-3-18-12(13(15)11(2)17-18)10-16-9-7-5-4-6-8-14/h16H,3-10H2,1-2H3. The number of unbranched alkanes of at least 4 members (excludes halogenated alkanes) is 3. The summed E-state index contributed by atoms with van der Waals surface area (Å²) in [5, 5.41) is 9.12. The summed E-state index contributed by atoms with van der Waals surface area (Å²) in [4.78, 5) is 0. The zero-order valence-electron chi connectivity index (χ0n) is 11.3. The van der Waals surface area contributed by atoms with Gasteiger partial charge in [-0.05, 0) is 49.2 Å². The molecule has 0 atom stereocenters. The van der Waals surface area contributed by atoms with Crippen molar-refractivity contribution in [2.75, 3.05) is 11.9 Å². The molecule has 1 aromatic rings. The predicted octanol–water partition coefficient (Wildman–Crippen LogP) is 4.02. The summed E-state index contributed by atoms with van der Waals surface area (Å²) in [6, 6.07) is 0. The van der Waals surface area contributed by atoms with Crippen LogP contribution < -0.4 is 5.32 Å². The number of hydrogen-bond acceptors (Lipinski definition) is 2. The summed E-state index contributed by atoms with van der Waals surface area (Å²) >= 11 is 7.08. The second-order valence-electron chi connectivity index (χ2n) is 4.44. The van der Waals surface area contributed by atoms with Crippen LogP contribution in [0.4, 0.5) is 0 Å². The van der Waals surface area contributed by atoms with Gasteiger partial charge < -0.3 is 5.32 Å². The molecule has 0 saturated carbocycles. The predicted molar refractivity (Wildman–Crippen MR) is 84.3 cm³/mol. The molecule has 0 bridgehead atoms. The van der Waals surface area contributed by atoms with Gasteiger partial charge in [-0.1, -0.05) is 28.8 Å². The van der Waals surface area contributed by atoms with Crippen LogP contribution in [-0.4, -0.2) is 21.7 Å². The van der Waals surface area contributed by atoms with E-state index in [1.54, 1.807) is 0 Å². The summed E-state index contributed by atoms with van der Waals surface area (Å²) in [5.74, 6) is 0. The van der Waals surface area contributed by atoms with Crippen molar-refractivity contribution in [2.45, 2.75) is 52.6 Å². The van der Waals surface area contributed by atoms with E-state index in [9.17, 15) is 0 Å². The molecule has 0 aromatic carbocycles. The lowest BCUT2D eigenvalue weighted by atomic mass is 10.2. The first kappa shape index (κ1) is 16.2. The van der Waals surface area contributed by atoms with Crippen LogP contribution in [0.3, 0.4) is 0 Å². The van der Waals surface area contributed by atoms with Gasteiger partial charge in [-0.25, -0.2) is 0 Å². The fourth-order valence-electron chi connectivity index (χ4n) is 1.94. The molecule has 1 N–H and O–H groups in total. The first-order valence-corrected chi connectivity index (χ1v) is 8.60. The average Bonchev–Trinajstić information content (AvgIpc) is 2.65. The highest BCUT2D eigenvalue weighted by Crippen LogP contribution is 2.20. The second kappa shape index (κ2) is 9.10. The maximum Gasteiger partial charge on any atom is 0.0739 e. The highest BCUT2D eigenvalue weighted by atomic mass is 79.9. The van der Waals surface area contributed by atoms with E-state index in [0.717, 1.165) is 35.1 Å². The van der Waals surface area contributed by atoms with Crippen molar-refractivity contribution >= 4 is 31.9 Å². The molecule has 0 saturated heterocycles. The highest BCUT2D eigenvalue weighted by molar-refractivity contribution is 9.10. The maximum absolute atomic E-state index is 4.49. The van der Waals surface area contributed by atoms with Gasteiger partial charge in [-0.15, -0.1) is 0 Å². The lowest BCUT2D eigenvalue weighted by Crippen LogP contribution is -2.18. The van der Waals surface area contributed by atoms with E-state index in [1.165, 1.54) is 31.4 Å². The first-order valence-electron chi connectivity index (χ1n) is 6.69. The summed E-state index contributed by atoms with van der Waals surface area (Å²) in [5.41, 5.74) is 2.33. The van der Waals surface area contributed by atoms with E-state index in [2.05, 4.69) is 53.9 Å². The monoisotopic (exact) mass is 379 g/mol. The molecular formula is C13H23Br2N3. The minimum absolute atomic E-state index is 0.897. The van der Waals surface area contributed by atoms with Gasteiger partial charge in [0.25, 0.3) is 0 Å². The molecule has 0 aliphatic heterocycles. The quantitative estimate of drug-likeness (QED) is 0.517. The minimum atomic E-state index is 0.897. The Balaban J connectivity index is 2.26. The Morgan fingerprint density at radius 1 is 1.22 bits per heavy atom. The van der Waals surface area contributed by atoms with Crippen LogP contribution in [0, 0.1) is 6.92 Å². The lowest BCUT2D eigenvalue weighted by molar-refractivity contribution is 0.556. The fourth-order valence-corrected chi connectivity index (χ4v) is 2.76. The minimum Gasteiger partial charge on any atom is -0.311 e. The van der Waals surface area contributed by atoms with Crippen molar-refractivity contribution in [3.05, 3.63) is 15.9 Å². The molecule has 18 heavy (non-hydrogen) atoms. The molecule has 0 aliphatic rings. The van der Waals surface area contributed by atoms with Crippen molar-refractivity contribution in [1.82, 2.24) is 15.1 Å². The van der Waals surface area contributed by atoms with Gasteiger partial charge in [0.1, 0.15) is 0 Å². The molecule has 3 nitrogen and oxygen atoms in total. The van der Waals surface area contributed by atoms with Crippen LogP contribution >= 0.6 is 31.9 Å². The molecule has 1 heterocycles. The molecule has 1 rings (SSSR count). The smallest absolute Gasteiger partial charge is 0.0739 e. The van der Waals surface area contributed by atoms with Crippen molar-refractivity contribution in [3.63, 3.8) is 0 Å².